The Morgan fingerprint density at radius 3 is 2.71 bits per heavy atom. The molecular formula is C21H24Cl2N6O2. The van der Waals surface area contributed by atoms with Crippen molar-refractivity contribution in [2.24, 2.45) is 23.2 Å². The fraction of sp³-hybridized carbons (Fsp3) is 0.524. The molecule has 2 saturated heterocycles. The number of aromatic nitrogens is 3. The van der Waals surface area contributed by atoms with E-state index in [4.69, 9.17) is 38.7 Å². The fourth-order valence-corrected chi connectivity index (χ4v) is 5.31. The molecule has 10 heteroatoms. The molecule has 2 N–H and O–H groups in total. The average Bonchev–Trinajstić information content (AvgIpc) is 3.31. The monoisotopic (exact) mass is 462 g/mol. The molecule has 0 saturated carbocycles. The lowest BCUT2D eigenvalue weighted by atomic mass is 9.73. The Hall–Kier alpha value is -2.00. The third-order valence-electron chi connectivity index (χ3n) is 6.96. The number of anilines is 1. The van der Waals surface area contributed by atoms with Crippen LogP contribution in [0.3, 0.4) is 0 Å². The van der Waals surface area contributed by atoms with Crippen LogP contribution in [0.2, 0.25) is 10.2 Å². The van der Waals surface area contributed by atoms with Crippen molar-refractivity contribution >= 4 is 34.9 Å². The highest BCUT2D eigenvalue weighted by Gasteiger charge is 2.48. The van der Waals surface area contributed by atoms with Gasteiger partial charge in [0.1, 0.15) is 5.15 Å². The number of nitrogens with zero attached hydrogens (tertiary/aromatic N) is 5. The van der Waals surface area contributed by atoms with Crippen molar-refractivity contribution in [2.75, 3.05) is 24.6 Å². The first-order valence-electron chi connectivity index (χ1n) is 10.4. The van der Waals surface area contributed by atoms with E-state index in [0.717, 1.165) is 25.9 Å². The summed E-state index contributed by atoms with van der Waals surface area (Å²) in [7, 11) is 1.75. The van der Waals surface area contributed by atoms with Crippen LogP contribution in [0.15, 0.2) is 22.1 Å². The minimum absolute atomic E-state index is 0.0130. The number of nitrogens with two attached hydrogens (primary N) is 1. The zero-order valence-corrected chi connectivity index (χ0v) is 18.9. The van der Waals surface area contributed by atoms with Gasteiger partial charge in [-0.2, -0.15) is 0 Å². The third kappa shape index (κ3) is 3.19. The number of hydrogen-bond donors (Lipinski definition) is 1. The van der Waals surface area contributed by atoms with Crippen LogP contribution in [0, 0.1) is 5.41 Å². The molecule has 0 aliphatic carbocycles. The second kappa shape index (κ2) is 7.55. The number of fused-ring (bicyclic) bond motifs is 1. The van der Waals surface area contributed by atoms with E-state index in [1.54, 1.807) is 23.9 Å². The van der Waals surface area contributed by atoms with E-state index in [-0.39, 0.29) is 33.3 Å². The number of pyridine rings is 1. The molecule has 1 spiro atoms. The van der Waals surface area contributed by atoms with Crippen LogP contribution in [0.4, 0.5) is 5.95 Å². The van der Waals surface area contributed by atoms with Gasteiger partial charge in [0.25, 0.3) is 5.56 Å². The van der Waals surface area contributed by atoms with Crippen LogP contribution in [0.1, 0.15) is 36.6 Å². The molecule has 8 nitrogen and oxygen atoms in total. The van der Waals surface area contributed by atoms with Gasteiger partial charge >= 0.3 is 0 Å². The maximum absolute atomic E-state index is 13.3. The van der Waals surface area contributed by atoms with Crippen LogP contribution in [0.5, 0.6) is 0 Å². The van der Waals surface area contributed by atoms with Crippen molar-refractivity contribution in [1.82, 2.24) is 14.5 Å². The first kappa shape index (κ1) is 20.9. The van der Waals surface area contributed by atoms with E-state index < -0.39 is 0 Å². The predicted molar refractivity (Wildman–Crippen MR) is 120 cm³/mol. The largest absolute Gasteiger partial charge is 0.376 e. The second-order valence-corrected chi connectivity index (χ2v) is 9.35. The van der Waals surface area contributed by atoms with E-state index in [0.29, 0.717) is 41.6 Å². The summed E-state index contributed by atoms with van der Waals surface area (Å²) in [5.41, 5.74) is 8.56. The van der Waals surface area contributed by atoms with E-state index in [1.807, 2.05) is 6.92 Å². The van der Waals surface area contributed by atoms with Crippen LogP contribution in [0.25, 0.3) is 0 Å². The zero-order valence-electron chi connectivity index (χ0n) is 17.4. The molecule has 0 bridgehead atoms. The molecule has 2 fully saturated rings. The Balaban J connectivity index is 1.45. The zero-order chi connectivity index (χ0) is 21.9. The Bertz CT molecular complexity index is 1140. The number of ether oxygens (including phenoxy) is 1. The molecule has 31 heavy (non-hydrogen) atoms. The van der Waals surface area contributed by atoms with Crippen molar-refractivity contribution in [2.45, 2.75) is 38.5 Å². The average molecular weight is 463 g/mol. The van der Waals surface area contributed by atoms with Gasteiger partial charge < -0.3 is 15.4 Å². The molecule has 0 radical (unpaired) electrons. The van der Waals surface area contributed by atoms with Crippen molar-refractivity contribution in [3.8, 4) is 0 Å². The molecule has 3 aliphatic rings. The van der Waals surface area contributed by atoms with E-state index in [9.17, 15) is 4.79 Å². The molecule has 0 aromatic carbocycles. The summed E-state index contributed by atoms with van der Waals surface area (Å²) >= 11 is 12.4. The molecule has 5 rings (SSSR count). The molecule has 3 aliphatic heterocycles. The molecule has 5 heterocycles. The summed E-state index contributed by atoms with van der Waals surface area (Å²) in [6, 6.07) is 1.76. The Labute approximate surface area is 190 Å². The summed E-state index contributed by atoms with van der Waals surface area (Å²) in [6.07, 6.45) is 3.47. The quantitative estimate of drug-likeness (QED) is 0.686. The Morgan fingerprint density at radius 2 is 2.03 bits per heavy atom. The Kier molecular flexibility index (Phi) is 5.08. The van der Waals surface area contributed by atoms with E-state index in [1.165, 1.54) is 0 Å². The minimum Gasteiger partial charge on any atom is -0.376 e. The Morgan fingerprint density at radius 1 is 1.29 bits per heavy atom. The topological polar surface area (TPSA) is 98.6 Å². The highest BCUT2D eigenvalue weighted by molar-refractivity contribution is 6.44. The standard InChI is InChI=1S/C21H24Cl2N6O2/c1-11-17(24)21(10-31-11)4-7-29(8-5-21)20-27-13-9-26-16(14(13)19(30)28(20)2)12-3-6-25-18(23)15(12)22/h3,6,11,17H,4-5,7-10,24H2,1-2H3/t11-,17+/m0/s1. The maximum Gasteiger partial charge on any atom is 0.264 e. The first-order chi connectivity index (χ1) is 14.8. The van der Waals surface area contributed by atoms with Gasteiger partial charge in [-0.1, -0.05) is 23.2 Å². The highest BCUT2D eigenvalue weighted by atomic mass is 35.5. The van der Waals surface area contributed by atoms with Crippen molar-refractivity contribution < 1.29 is 4.74 Å². The first-order valence-corrected chi connectivity index (χ1v) is 11.2. The molecule has 0 amide bonds. The van der Waals surface area contributed by atoms with Gasteiger partial charge in [0, 0.05) is 43.4 Å². The van der Waals surface area contributed by atoms with Crippen molar-refractivity contribution in [3.05, 3.63) is 49.6 Å². The van der Waals surface area contributed by atoms with Crippen molar-refractivity contribution in [1.29, 1.82) is 0 Å². The second-order valence-electron chi connectivity index (χ2n) is 8.62. The lowest BCUT2D eigenvalue weighted by molar-refractivity contribution is 0.0973. The highest BCUT2D eigenvalue weighted by Crippen LogP contribution is 2.41. The number of hydrogen-bond acceptors (Lipinski definition) is 7. The molecule has 2 aromatic heterocycles. The van der Waals surface area contributed by atoms with Gasteiger partial charge in [0.05, 0.1) is 41.2 Å². The fourth-order valence-electron chi connectivity index (χ4n) is 4.95. The normalized spacial score (nSPS) is 24.5. The van der Waals surface area contributed by atoms with Gasteiger partial charge in [-0.15, -0.1) is 0 Å². The number of piperidine rings is 1. The smallest absolute Gasteiger partial charge is 0.264 e. The predicted octanol–water partition coefficient (Wildman–Crippen LogP) is 2.17. The van der Waals surface area contributed by atoms with Gasteiger partial charge in [-0.05, 0) is 25.8 Å². The van der Waals surface area contributed by atoms with Gasteiger partial charge in [-0.25, -0.2) is 9.97 Å². The number of aliphatic imine (C=N–C) groups is 1. The number of halogens is 2. The molecule has 164 valence electrons. The third-order valence-corrected chi connectivity index (χ3v) is 7.72. The van der Waals surface area contributed by atoms with Crippen LogP contribution >= 0.6 is 23.2 Å². The van der Waals surface area contributed by atoms with Crippen LogP contribution in [-0.4, -0.2) is 52.1 Å². The van der Waals surface area contributed by atoms with Crippen molar-refractivity contribution in [3.63, 3.8) is 0 Å². The SMILES string of the molecule is C[C@@H]1OCC2(CCN(c3nc4c(c(=O)n3C)C(c3ccnc(Cl)c3Cl)=NC4)CC2)[C@@H]1N. The molecular weight excluding hydrogens is 439 g/mol. The van der Waals surface area contributed by atoms with Crippen LogP contribution < -0.4 is 16.2 Å². The summed E-state index contributed by atoms with van der Waals surface area (Å²) in [4.78, 5) is 28.9. The van der Waals surface area contributed by atoms with Crippen LogP contribution in [-0.2, 0) is 18.3 Å². The lowest BCUT2D eigenvalue weighted by Gasteiger charge is -2.41. The van der Waals surface area contributed by atoms with Gasteiger partial charge in [0.2, 0.25) is 5.95 Å². The summed E-state index contributed by atoms with van der Waals surface area (Å²) in [5, 5.41) is 0.468. The molecule has 0 unspecified atom stereocenters. The molecule has 2 atom stereocenters. The van der Waals surface area contributed by atoms with Gasteiger partial charge in [-0.3, -0.25) is 14.4 Å². The summed E-state index contributed by atoms with van der Waals surface area (Å²) in [5.74, 6) is 0.662. The van der Waals surface area contributed by atoms with E-state index in [2.05, 4.69) is 14.9 Å². The number of rotatable bonds is 2. The molecule has 2 aromatic rings. The summed E-state index contributed by atoms with van der Waals surface area (Å²) in [6.45, 7) is 4.63. The van der Waals surface area contributed by atoms with Gasteiger partial charge in [0.15, 0.2) is 0 Å². The van der Waals surface area contributed by atoms with E-state index >= 15 is 0 Å². The minimum atomic E-state index is -0.143. The summed E-state index contributed by atoms with van der Waals surface area (Å²) < 4.78 is 7.42. The maximum atomic E-state index is 13.3. The lowest BCUT2D eigenvalue weighted by Crippen LogP contribution is -2.51.